The maximum atomic E-state index is 12.3. The Bertz CT molecular complexity index is 1120. The number of phenolic OH excluding ortho intramolecular Hbond substituents is 2. The van der Waals surface area contributed by atoms with Gasteiger partial charge in [0.1, 0.15) is 11.5 Å². The van der Waals surface area contributed by atoms with Crippen molar-refractivity contribution in [1.82, 2.24) is 5.43 Å². The average Bonchev–Trinajstić information content (AvgIpc) is 2.74. The first-order chi connectivity index (χ1) is 14.3. The number of anilines is 1. The Morgan fingerprint density at radius 3 is 2.30 bits per heavy atom. The lowest BCUT2D eigenvalue weighted by atomic mass is 10.1. The molecule has 2 amide bonds. The molecule has 0 bridgehead atoms. The van der Waals surface area contributed by atoms with Gasteiger partial charge in [-0.3, -0.25) is 9.59 Å². The molecule has 7 heteroatoms. The smallest absolute Gasteiger partial charge is 0.271 e. The van der Waals surface area contributed by atoms with Gasteiger partial charge in [0.2, 0.25) is 0 Å². The highest BCUT2D eigenvalue weighted by atomic mass is 16.3. The molecule has 0 spiro atoms. The molecule has 0 heterocycles. The van der Waals surface area contributed by atoms with Crippen LogP contribution in [0.1, 0.15) is 38.8 Å². The summed E-state index contributed by atoms with van der Waals surface area (Å²) in [6, 6.07) is 17.7. The van der Waals surface area contributed by atoms with Crippen LogP contribution in [-0.4, -0.2) is 27.7 Å². The van der Waals surface area contributed by atoms with Crippen molar-refractivity contribution >= 4 is 23.2 Å². The molecule has 7 nitrogen and oxygen atoms in total. The second-order valence-electron chi connectivity index (χ2n) is 6.74. The second kappa shape index (κ2) is 8.91. The first-order valence-corrected chi connectivity index (χ1v) is 9.18. The monoisotopic (exact) mass is 403 g/mol. The van der Waals surface area contributed by atoms with E-state index >= 15 is 0 Å². The van der Waals surface area contributed by atoms with Gasteiger partial charge in [-0.05, 0) is 68.4 Å². The van der Waals surface area contributed by atoms with Crippen molar-refractivity contribution < 1.29 is 19.8 Å². The Hall–Kier alpha value is -4.13. The number of nitrogens with zero attached hydrogens (tertiary/aromatic N) is 1. The minimum Gasteiger partial charge on any atom is -0.508 e. The van der Waals surface area contributed by atoms with E-state index in [1.807, 2.05) is 19.1 Å². The molecule has 0 atom stereocenters. The van der Waals surface area contributed by atoms with Gasteiger partial charge in [0.25, 0.3) is 11.8 Å². The number of benzene rings is 3. The highest BCUT2D eigenvalue weighted by Crippen LogP contribution is 2.22. The Morgan fingerprint density at radius 2 is 1.60 bits per heavy atom. The first kappa shape index (κ1) is 20.6. The summed E-state index contributed by atoms with van der Waals surface area (Å²) >= 11 is 0. The van der Waals surface area contributed by atoms with E-state index in [-0.39, 0.29) is 17.4 Å². The van der Waals surface area contributed by atoms with Crippen LogP contribution in [0.25, 0.3) is 0 Å². The van der Waals surface area contributed by atoms with Crippen molar-refractivity contribution in [3.8, 4) is 11.5 Å². The van der Waals surface area contributed by atoms with Crippen molar-refractivity contribution in [2.45, 2.75) is 13.8 Å². The summed E-state index contributed by atoms with van der Waals surface area (Å²) in [6.45, 7) is 3.51. The van der Waals surface area contributed by atoms with Crippen LogP contribution in [-0.2, 0) is 0 Å². The number of aromatic hydroxyl groups is 2. The zero-order valence-corrected chi connectivity index (χ0v) is 16.5. The van der Waals surface area contributed by atoms with Crippen LogP contribution in [0.4, 0.5) is 5.69 Å². The number of carbonyl (C=O) groups excluding carboxylic acids is 2. The van der Waals surface area contributed by atoms with Crippen molar-refractivity contribution in [2.75, 3.05) is 5.32 Å². The summed E-state index contributed by atoms with van der Waals surface area (Å²) in [6.07, 6.45) is 0. The first-order valence-electron chi connectivity index (χ1n) is 9.18. The normalized spacial score (nSPS) is 11.1. The third-order valence-electron chi connectivity index (χ3n) is 4.38. The topological polar surface area (TPSA) is 111 Å². The van der Waals surface area contributed by atoms with Crippen molar-refractivity contribution in [3.05, 3.63) is 89.0 Å². The molecule has 0 fully saturated rings. The minimum atomic E-state index is -0.453. The second-order valence-corrected chi connectivity index (χ2v) is 6.74. The largest absolute Gasteiger partial charge is 0.508 e. The summed E-state index contributed by atoms with van der Waals surface area (Å²) in [4.78, 5) is 24.6. The molecule has 0 saturated carbocycles. The predicted octanol–water partition coefficient (Wildman–Crippen LogP) is 3.81. The van der Waals surface area contributed by atoms with Gasteiger partial charge in [-0.15, -0.1) is 0 Å². The molecule has 0 aliphatic rings. The molecule has 0 aliphatic heterocycles. The molecule has 4 N–H and O–H groups in total. The Kier molecular flexibility index (Phi) is 6.12. The van der Waals surface area contributed by atoms with Crippen LogP contribution in [0.2, 0.25) is 0 Å². The number of carbonyl (C=O) groups is 2. The number of aryl methyl sites for hydroxylation is 1. The molecule has 3 aromatic carbocycles. The third-order valence-corrected chi connectivity index (χ3v) is 4.38. The van der Waals surface area contributed by atoms with Gasteiger partial charge < -0.3 is 15.5 Å². The summed E-state index contributed by atoms with van der Waals surface area (Å²) in [5.74, 6) is -0.767. The lowest BCUT2D eigenvalue weighted by Crippen LogP contribution is -2.19. The Labute approximate surface area is 173 Å². The van der Waals surface area contributed by atoms with E-state index in [1.54, 1.807) is 43.3 Å². The zero-order valence-electron chi connectivity index (χ0n) is 16.5. The molecule has 3 aromatic rings. The summed E-state index contributed by atoms with van der Waals surface area (Å²) < 4.78 is 0. The summed E-state index contributed by atoms with van der Waals surface area (Å²) in [5, 5.41) is 26.1. The van der Waals surface area contributed by atoms with Crippen molar-refractivity contribution in [2.24, 2.45) is 5.10 Å². The fourth-order valence-corrected chi connectivity index (χ4v) is 2.77. The number of rotatable bonds is 5. The van der Waals surface area contributed by atoms with Gasteiger partial charge in [-0.1, -0.05) is 17.7 Å². The fraction of sp³-hybridized carbons (Fsp3) is 0.0870. The molecule has 0 unspecified atom stereocenters. The van der Waals surface area contributed by atoms with E-state index < -0.39 is 5.91 Å². The van der Waals surface area contributed by atoms with Gasteiger partial charge >= 0.3 is 0 Å². The number of hydrogen-bond donors (Lipinski definition) is 4. The maximum absolute atomic E-state index is 12.3. The molecule has 0 aliphatic carbocycles. The highest BCUT2D eigenvalue weighted by Gasteiger charge is 2.10. The number of amides is 2. The SMILES string of the molecule is C/C(=N/NC(=O)c1ccc(NC(=O)c2cccc(C)c2)cc1)c1cc(O)ccc1O. The third kappa shape index (κ3) is 5.02. The predicted molar refractivity (Wildman–Crippen MR) is 115 cm³/mol. The molecule has 3 rings (SSSR count). The van der Waals surface area contributed by atoms with Gasteiger partial charge in [0.05, 0.1) is 5.71 Å². The molecule has 152 valence electrons. The van der Waals surface area contributed by atoms with Crippen LogP contribution in [0, 0.1) is 6.92 Å². The number of hydrazone groups is 1. The Morgan fingerprint density at radius 1 is 0.867 bits per heavy atom. The maximum Gasteiger partial charge on any atom is 0.271 e. The van der Waals surface area contributed by atoms with E-state index in [0.717, 1.165) is 5.56 Å². The summed E-state index contributed by atoms with van der Waals surface area (Å²) in [5.41, 5.74) is 5.50. The fourth-order valence-electron chi connectivity index (χ4n) is 2.77. The van der Waals surface area contributed by atoms with Crippen molar-refractivity contribution in [1.29, 1.82) is 0 Å². The van der Waals surface area contributed by atoms with E-state index in [2.05, 4.69) is 15.8 Å². The lowest BCUT2D eigenvalue weighted by molar-refractivity contribution is 0.0954. The van der Waals surface area contributed by atoms with Gasteiger partial charge in [-0.2, -0.15) is 5.10 Å². The van der Waals surface area contributed by atoms with E-state index in [9.17, 15) is 19.8 Å². The Balaban J connectivity index is 1.65. The standard InChI is InChI=1S/C23H21N3O4/c1-14-4-3-5-17(12-14)22(29)24-18-8-6-16(7-9-18)23(30)26-25-15(2)20-13-19(27)10-11-21(20)28/h3-13,27-28H,1-2H3,(H,24,29)(H,26,30)/b25-15-. The van der Waals surface area contributed by atoms with Gasteiger partial charge in [0, 0.05) is 22.4 Å². The number of nitrogens with one attached hydrogen (secondary N) is 2. The van der Waals surface area contributed by atoms with Crippen LogP contribution < -0.4 is 10.7 Å². The van der Waals surface area contributed by atoms with Crippen LogP contribution in [0.3, 0.4) is 0 Å². The van der Waals surface area contributed by atoms with E-state index in [1.165, 1.54) is 18.2 Å². The van der Waals surface area contributed by atoms with Gasteiger partial charge in [0.15, 0.2) is 0 Å². The molecule has 30 heavy (non-hydrogen) atoms. The van der Waals surface area contributed by atoms with E-state index in [4.69, 9.17) is 0 Å². The zero-order chi connectivity index (χ0) is 21.7. The molecular formula is C23H21N3O4. The van der Waals surface area contributed by atoms with Crippen LogP contribution in [0.5, 0.6) is 11.5 Å². The molecule has 0 saturated heterocycles. The lowest BCUT2D eigenvalue weighted by Gasteiger charge is -2.08. The van der Waals surface area contributed by atoms with Crippen LogP contribution >= 0.6 is 0 Å². The quantitative estimate of drug-likeness (QED) is 0.295. The molecular weight excluding hydrogens is 382 g/mol. The highest BCUT2D eigenvalue weighted by molar-refractivity contribution is 6.05. The molecule has 0 radical (unpaired) electrons. The van der Waals surface area contributed by atoms with E-state index in [0.29, 0.717) is 28.1 Å². The minimum absolute atomic E-state index is 0.0213. The van der Waals surface area contributed by atoms with Gasteiger partial charge in [-0.25, -0.2) is 5.43 Å². The number of phenols is 2. The summed E-state index contributed by atoms with van der Waals surface area (Å²) in [7, 11) is 0. The molecule has 0 aromatic heterocycles. The van der Waals surface area contributed by atoms with Crippen LogP contribution in [0.15, 0.2) is 71.8 Å². The number of hydrogen-bond acceptors (Lipinski definition) is 5. The van der Waals surface area contributed by atoms with Crippen molar-refractivity contribution in [3.63, 3.8) is 0 Å². The average molecular weight is 403 g/mol.